The first-order chi connectivity index (χ1) is 8.79. The maximum atomic E-state index is 9.02. The van der Waals surface area contributed by atoms with Crippen LogP contribution < -0.4 is 5.32 Å². The average molecular weight is 308 g/mol. The summed E-state index contributed by atoms with van der Waals surface area (Å²) in [5.74, 6) is 0. The molecule has 1 aliphatic rings. The van der Waals surface area contributed by atoms with Crippen LogP contribution in [0, 0.1) is 11.3 Å². The van der Waals surface area contributed by atoms with E-state index in [1.165, 1.54) is 25.9 Å². The summed E-state index contributed by atoms with van der Waals surface area (Å²) in [5, 5.41) is 12.4. The van der Waals surface area contributed by atoms with Gasteiger partial charge in [-0.1, -0.05) is 15.9 Å². The Morgan fingerprint density at radius 1 is 1.33 bits per heavy atom. The van der Waals surface area contributed by atoms with Gasteiger partial charge < -0.3 is 10.2 Å². The van der Waals surface area contributed by atoms with Crippen LogP contribution in [0.4, 0.5) is 5.69 Å². The Kier molecular flexibility index (Phi) is 5.03. The highest BCUT2D eigenvalue weighted by molar-refractivity contribution is 9.10. The predicted octanol–water partition coefficient (Wildman–Crippen LogP) is 3.22. The molecule has 0 spiro atoms. The summed E-state index contributed by atoms with van der Waals surface area (Å²) in [4.78, 5) is 2.51. The number of anilines is 1. The van der Waals surface area contributed by atoms with Crippen LogP contribution in [0.25, 0.3) is 0 Å². The van der Waals surface area contributed by atoms with Crippen LogP contribution in [0.2, 0.25) is 0 Å². The van der Waals surface area contributed by atoms with Gasteiger partial charge in [0, 0.05) is 11.0 Å². The zero-order valence-corrected chi connectivity index (χ0v) is 12.0. The SMILES string of the molecule is N#Cc1ccc(Br)cc1NCCCN1CCCC1. The summed E-state index contributed by atoms with van der Waals surface area (Å²) in [6.45, 7) is 4.57. The van der Waals surface area contributed by atoms with E-state index in [0.717, 1.165) is 29.7 Å². The molecule has 3 nitrogen and oxygen atoms in total. The summed E-state index contributed by atoms with van der Waals surface area (Å²) in [6.07, 6.45) is 3.81. The van der Waals surface area contributed by atoms with Gasteiger partial charge in [0.1, 0.15) is 6.07 Å². The van der Waals surface area contributed by atoms with Crippen molar-refractivity contribution in [2.24, 2.45) is 0 Å². The lowest BCUT2D eigenvalue weighted by molar-refractivity contribution is 0.337. The molecule has 1 aromatic rings. The Balaban J connectivity index is 1.79. The maximum Gasteiger partial charge on any atom is 0.101 e. The van der Waals surface area contributed by atoms with E-state index in [0.29, 0.717) is 5.56 Å². The molecule has 1 aromatic carbocycles. The Hall–Kier alpha value is -1.05. The molecule has 1 fully saturated rings. The highest BCUT2D eigenvalue weighted by Crippen LogP contribution is 2.20. The lowest BCUT2D eigenvalue weighted by Gasteiger charge is -2.15. The minimum Gasteiger partial charge on any atom is -0.384 e. The lowest BCUT2D eigenvalue weighted by atomic mass is 10.2. The number of likely N-dealkylation sites (tertiary alicyclic amines) is 1. The number of halogens is 1. The normalized spacial score (nSPS) is 15.6. The first-order valence-corrected chi connectivity index (χ1v) is 7.25. The fourth-order valence-corrected chi connectivity index (χ4v) is 2.65. The van der Waals surface area contributed by atoms with E-state index in [4.69, 9.17) is 5.26 Å². The standard InChI is InChI=1S/C14H18BrN3/c15-13-5-4-12(11-16)14(10-13)17-6-3-9-18-7-1-2-8-18/h4-5,10,17H,1-3,6-9H2. The molecule has 0 amide bonds. The van der Waals surface area contributed by atoms with Gasteiger partial charge in [0.15, 0.2) is 0 Å². The second-order valence-corrected chi connectivity index (χ2v) is 5.55. The number of hydrogen-bond donors (Lipinski definition) is 1. The van der Waals surface area contributed by atoms with Crippen LogP contribution >= 0.6 is 15.9 Å². The van der Waals surface area contributed by atoms with Gasteiger partial charge in [-0.2, -0.15) is 5.26 Å². The second-order valence-electron chi connectivity index (χ2n) is 4.63. The van der Waals surface area contributed by atoms with Crippen molar-refractivity contribution in [2.75, 3.05) is 31.5 Å². The topological polar surface area (TPSA) is 39.1 Å². The third kappa shape index (κ3) is 3.72. The molecular formula is C14H18BrN3. The van der Waals surface area contributed by atoms with E-state index >= 15 is 0 Å². The van der Waals surface area contributed by atoms with Crippen molar-refractivity contribution in [2.45, 2.75) is 19.3 Å². The predicted molar refractivity (Wildman–Crippen MR) is 77.6 cm³/mol. The van der Waals surface area contributed by atoms with Crippen LogP contribution in [0.1, 0.15) is 24.8 Å². The minimum absolute atomic E-state index is 0.708. The van der Waals surface area contributed by atoms with Crippen molar-refractivity contribution < 1.29 is 0 Å². The first kappa shape index (κ1) is 13.4. The van der Waals surface area contributed by atoms with E-state index in [1.54, 1.807) is 0 Å². The van der Waals surface area contributed by atoms with Crippen LogP contribution in [0.3, 0.4) is 0 Å². The molecule has 96 valence electrons. The second kappa shape index (κ2) is 6.77. The highest BCUT2D eigenvalue weighted by atomic mass is 79.9. The average Bonchev–Trinajstić information content (AvgIpc) is 2.88. The fraction of sp³-hybridized carbons (Fsp3) is 0.500. The third-order valence-corrected chi connectivity index (χ3v) is 3.76. The Morgan fingerprint density at radius 3 is 2.83 bits per heavy atom. The Morgan fingerprint density at radius 2 is 2.11 bits per heavy atom. The molecule has 0 bridgehead atoms. The molecule has 0 aliphatic carbocycles. The number of hydrogen-bond acceptors (Lipinski definition) is 3. The van der Waals surface area contributed by atoms with Crippen molar-refractivity contribution in [3.8, 4) is 6.07 Å². The lowest BCUT2D eigenvalue weighted by Crippen LogP contribution is -2.22. The number of rotatable bonds is 5. The van der Waals surface area contributed by atoms with E-state index in [2.05, 4.69) is 32.2 Å². The van der Waals surface area contributed by atoms with Gasteiger partial charge in [0.25, 0.3) is 0 Å². The fourth-order valence-electron chi connectivity index (χ4n) is 2.29. The van der Waals surface area contributed by atoms with Crippen LogP contribution in [-0.2, 0) is 0 Å². The summed E-state index contributed by atoms with van der Waals surface area (Å²) in [7, 11) is 0. The molecule has 0 unspecified atom stereocenters. The molecule has 0 radical (unpaired) electrons. The quantitative estimate of drug-likeness (QED) is 0.849. The van der Waals surface area contributed by atoms with E-state index < -0.39 is 0 Å². The summed E-state index contributed by atoms with van der Waals surface area (Å²) in [5.41, 5.74) is 1.63. The molecule has 4 heteroatoms. The van der Waals surface area contributed by atoms with Crippen molar-refractivity contribution >= 4 is 21.6 Å². The van der Waals surface area contributed by atoms with E-state index in [-0.39, 0.29) is 0 Å². The zero-order valence-electron chi connectivity index (χ0n) is 10.5. The van der Waals surface area contributed by atoms with E-state index in [1.807, 2.05) is 18.2 Å². The highest BCUT2D eigenvalue weighted by Gasteiger charge is 2.10. The molecule has 0 saturated carbocycles. The molecule has 1 saturated heterocycles. The van der Waals surface area contributed by atoms with Gasteiger partial charge in [0.05, 0.1) is 11.3 Å². The van der Waals surface area contributed by atoms with Crippen molar-refractivity contribution in [1.82, 2.24) is 4.90 Å². The van der Waals surface area contributed by atoms with Gasteiger partial charge in [-0.15, -0.1) is 0 Å². The molecule has 2 rings (SSSR count). The van der Waals surface area contributed by atoms with E-state index in [9.17, 15) is 0 Å². The van der Waals surface area contributed by atoms with Gasteiger partial charge in [-0.25, -0.2) is 0 Å². The molecule has 1 aliphatic heterocycles. The van der Waals surface area contributed by atoms with Crippen LogP contribution in [-0.4, -0.2) is 31.1 Å². The largest absolute Gasteiger partial charge is 0.384 e. The van der Waals surface area contributed by atoms with Gasteiger partial charge >= 0.3 is 0 Å². The summed E-state index contributed by atoms with van der Waals surface area (Å²) in [6, 6.07) is 7.91. The first-order valence-electron chi connectivity index (χ1n) is 6.45. The number of benzene rings is 1. The maximum absolute atomic E-state index is 9.02. The number of nitrogens with zero attached hydrogens (tertiary/aromatic N) is 2. The van der Waals surface area contributed by atoms with Gasteiger partial charge in [0.2, 0.25) is 0 Å². The monoisotopic (exact) mass is 307 g/mol. The molecule has 0 aromatic heterocycles. The van der Waals surface area contributed by atoms with Crippen molar-refractivity contribution in [3.05, 3.63) is 28.2 Å². The molecule has 1 heterocycles. The summed E-state index contributed by atoms with van der Waals surface area (Å²) >= 11 is 3.43. The number of nitriles is 1. The minimum atomic E-state index is 0.708. The number of nitrogens with one attached hydrogen (secondary N) is 1. The van der Waals surface area contributed by atoms with Crippen molar-refractivity contribution in [3.63, 3.8) is 0 Å². The molecule has 1 N–H and O–H groups in total. The van der Waals surface area contributed by atoms with Crippen molar-refractivity contribution in [1.29, 1.82) is 5.26 Å². The smallest absolute Gasteiger partial charge is 0.101 e. The van der Waals surface area contributed by atoms with Gasteiger partial charge in [-0.05, 0) is 57.1 Å². The molecular weight excluding hydrogens is 290 g/mol. The molecule has 18 heavy (non-hydrogen) atoms. The molecule has 0 atom stereocenters. The Bertz CT molecular complexity index is 433. The third-order valence-electron chi connectivity index (χ3n) is 3.27. The van der Waals surface area contributed by atoms with Gasteiger partial charge in [-0.3, -0.25) is 0 Å². The zero-order chi connectivity index (χ0) is 12.8. The summed E-state index contributed by atoms with van der Waals surface area (Å²) < 4.78 is 1.00. The van der Waals surface area contributed by atoms with Crippen LogP contribution in [0.5, 0.6) is 0 Å². The van der Waals surface area contributed by atoms with Crippen LogP contribution in [0.15, 0.2) is 22.7 Å². The Labute approximate surface area is 117 Å².